The molecule has 0 saturated heterocycles. The second-order valence-electron chi connectivity index (χ2n) is 4.74. The largest absolute Gasteiger partial charge is 0.497 e. The molecule has 0 spiro atoms. The lowest BCUT2D eigenvalue weighted by atomic mass is 10.1. The highest BCUT2D eigenvalue weighted by Gasteiger charge is 2.27. The molecule has 0 unspecified atom stereocenters. The van der Waals surface area contributed by atoms with Crippen molar-refractivity contribution >= 4 is 16.5 Å². The molecule has 1 aromatic heterocycles. The van der Waals surface area contributed by atoms with Gasteiger partial charge in [0.05, 0.1) is 7.11 Å². The van der Waals surface area contributed by atoms with E-state index in [2.05, 4.69) is 27.6 Å². The number of hydrogen-bond acceptors (Lipinski definition) is 5. The molecular weight excluding hydrogens is 258 g/mol. The quantitative estimate of drug-likeness (QED) is 0.880. The second-order valence-corrected chi connectivity index (χ2v) is 5.75. The van der Waals surface area contributed by atoms with Crippen LogP contribution in [0.3, 0.4) is 0 Å². The van der Waals surface area contributed by atoms with Crippen LogP contribution in [0.15, 0.2) is 24.3 Å². The average molecular weight is 275 g/mol. The van der Waals surface area contributed by atoms with Crippen LogP contribution in [0.2, 0.25) is 0 Å². The minimum atomic E-state index is 0.689. The van der Waals surface area contributed by atoms with E-state index >= 15 is 0 Å². The third kappa shape index (κ3) is 3.23. The summed E-state index contributed by atoms with van der Waals surface area (Å²) in [6.45, 7) is 0.881. The van der Waals surface area contributed by atoms with Gasteiger partial charge in [-0.25, -0.2) is 0 Å². The first kappa shape index (κ1) is 12.4. The smallest absolute Gasteiger partial charge is 0.205 e. The van der Waals surface area contributed by atoms with E-state index in [4.69, 9.17) is 4.74 Å². The zero-order chi connectivity index (χ0) is 13.1. The van der Waals surface area contributed by atoms with Crippen molar-refractivity contribution in [2.24, 2.45) is 0 Å². The van der Waals surface area contributed by atoms with Crippen LogP contribution in [0.1, 0.15) is 29.3 Å². The lowest BCUT2D eigenvalue weighted by Gasteiger charge is -2.04. The lowest BCUT2D eigenvalue weighted by molar-refractivity contribution is 0.414. The summed E-state index contributed by atoms with van der Waals surface area (Å²) in [7, 11) is 1.68. The SMILES string of the molecule is COc1ccc(CCNc2nnc(C3CC3)s2)cc1. The molecule has 0 amide bonds. The Kier molecular flexibility index (Phi) is 3.64. The van der Waals surface area contributed by atoms with Gasteiger partial charge in [-0.3, -0.25) is 0 Å². The van der Waals surface area contributed by atoms with Gasteiger partial charge in [-0.05, 0) is 37.0 Å². The molecule has 0 radical (unpaired) electrons. The second kappa shape index (κ2) is 5.57. The third-order valence-electron chi connectivity index (χ3n) is 3.22. The predicted molar refractivity (Wildman–Crippen MR) is 77.1 cm³/mol. The summed E-state index contributed by atoms with van der Waals surface area (Å²) in [6.07, 6.45) is 3.53. The number of hydrogen-bond donors (Lipinski definition) is 1. The van der Waals surface area contributed by atoms with Gasteiger partial charge in [-0.15, -0.1) is 10.2 Å². The summed E-state index contributed by atoms with van der Waals surface area (Å²) < 4.78 is 5.14. The lowest BCUT2D eigenvalue weighted by Crippen LogP contribution is -2.04. The molecule has 1 fully saturated rings. The van der Waals surface area contributed by atoms with E-state index in [9.17, 15) is 0 Å². The molecule has 0 aliphatic heterocycles. The number of anilines is 1. The first-order chi connectivity index (χ1) is 9.35. The van der Waals surface area contributed by atoms with Gasteiger partial charge in [0, 0.05) is 12.5 Å². The van der Waals surface area contributed by atoms with Crippen molar-refractivity contribution in [2.75, 3.05) is 19.0 Å². The predicted octanol–water partition coefficient (Wildman–Crippen LogP) is 3.08. The maximum Gasteiger partial charge on any atom is 0.205 e. The highest BCUT2D eigenvalue weighted by atomic mass is 32.1. The molecule has 1 saturated carbocycles. The third-order valence-corrected chi connectivity index (χ3v) is 4.26. The Bertz CT molecular complexity index is 534. The normalized spacial score (nSPS) is 14.4. The molecule has 5 heteroatoms. The van der Waals surface area contributed by atoms with Crippen LogP contribution < -0.4 is 10.1 Å². The van der Waals surface area contributed by atoms with Gasteiger partial charge in [-0.2, -0.15) is 0 Å². The van der Waals surface area contributed by atoms with E-state index in [0.717, 1.165) is 23.8 Å². The van der Waals surface area contributed by atoms with E-state index in [-0.39, 0.29) is 0 Å². The van der Waals surface area contributed by atoms with E-state index < -0.39 is 0 Å². The maximum atomic E-state index is 5.14. The van der Waals surface area contributed by atoms with Crippen LogP contribution in [-0.2, 0) is 6.42 Å². The number of nitrogens with zero attached hydrogens (tertiary/aromatic N) is 2. The zero-order valence-corrected chi connectivity index (χ0v) is 11.7. The van der Waals surface area contributed by atoms with Crippen LogP contribution in [-0.4, -0.2) is 23.9 Å². The summed E-state index contributed by atoms with van der Waals surface area (Å²) in [4.78, 5) is 0. The maximum absolute atomic E-state index is 5.14. The molecule has 0 bridgehead atoms. The Hall–Kier alpha value is -1.62. The molecule has 1 aliphatic carbocycles. The fourth-order valence-electron chi connectivity index (χ4n) is 1.91. The molecule has 1 heterocycles. The van der Waals surface area contributed by atoms with Crippen LogP contribution in [0.5, 0.6) is 5.75 Å². The zero-order valence-electron chi connectivity index (χ0n) is 10.9. The van der Waals surface area contributed by atoms with Crippen molar-refractivity contribution in [3.8, 4) is 5.75 Å². The van der Waals surface area contributed by atoms with Crippen molar-refractivity contribution < 1.29 is 4.74 Å². The van der Waals surface area contributed by atoms with E-state index in [1.807, 2.05) is 12.1 Å². The molecule has 100 valence electrons. The van der Waals surface area contributed by atoms with Crippen LogP contribution >= 0.6 is 11.3 Å². The standard InChI is InChI=1S/C14H17N3OS/c1-18-12-6-2-10(3-7-12)8-9-15-14-17-16-13(19-14)11-4-5-11/h2-3,6-7,11H,4-5,8-9H2,1H3,(H,15,17). The minimum absolute atomic E-state index is 0.689. The number of benzene rings is 1. The Morgan fingerprint density at radius 2 is 2.05 bits per heavy atom. The van der Waals surface area contributed by atoms with Gasteiger partial charge >= 0.3 is 0 Å². The van der Waals surface area contributed by atoms with Crippen molar-refractivity contribution in [3.05, 3.63) is 34.8 Å². The highest BCUT2D eigenvalue weighted by Crippen LogP contribution is 2.41. The number of rotatable bonds is 6. The molecule has 1 N–H and O–H groups in total. The van der Waals surface area contributed by atoms with Crippen molar-refractivity contribution in [1.29, 1.82) is 0 Å². The monoisotopic (exact) mass is 275 g/mol. The topological polar surface area (TPSA) is 47.0 Å². The number of methoxy groups -OCH3 is 1. The Morgan fingerprint density at radius 3 is 2.74 bits per heavy atom. The molecule has 1 aliphatic rings. The average Bonchev–Trinajstić information content (AvgIpc) is 3.20. The van der Waals surface area contributed by atoms with Gasteiger partial charge in [0.2, 0.25) is 5.13 Å². The van der Waals surface area contributed by atoms with Gasteiger partial charge in [-0.1, -0.05) is 23.5 Å². The van der Waals surface area contributed by atoms with E-state index in [1.165, 1.54) is 23.4 Å². The summed E-state index contributed by atoms with van der Waals surface area (Å²) in [6, 6.07) is 8.17. The first-order valence-electron chi connectivity index (χ1n) is 6.55. The van der Waals surface area contributed by atoms with E-state index in [0.29, 0.717) is 5.92 Å². The fourth-order valence-corrected chi connectivity index (χ4v) is 2.85. The molecular formula is C14H17N3OS. The molecule has 19 heavy (non-hydrogen) atoms. The molecule has 3 rings (SSSR count). The highest BCUT2D eigenvalue weighted by molar-refractivity contribution is 7.15. The summed E-state index contributed by atoms with van der Waals surface area (Å²) in [5, 5.41) is 13.9. The molecule has 4 nitrogen and oxygen atoms in total. The van der Waals surface area contributed by atoms with Crippen molar-refractivity contribution in [3.63, 3.8) is 0 Å². The number of nitrogens with one attached hydrogen (secondary N) is 1. The van der Waals surface area contributed by atoms with Crippen molar-refractivity contribution in [2.45, 2.75) is 25.2 Å². The molecule has 0 atom stereocenters. The molecule has 2 aromatic rings. The van der Waals surface area contributed by atoms with Gasteiger partial charge in [0.15, 0.2) is 0 Å². The van der Waals surface area contributed by atoms with Gasteiger partial charge in [0.1, 0.15) is 10.8 Å². The number of ether oxygens (including phenoxy) is 1. The van der Waals surface area contributed by atoms with Crippen LogP contribution in [0.4, 0.5) is 5.13 Å². The van der Waals surface area contributed by atoms with Crippen molar-refractivity contribution in [1.82, 2.24) is 10.2 Å². The van der Waals surface area contributed by atoms with Crippen LogP contribution in [0, 0.1) is 0 Å². The van der Waals surface area contributed by atoms with Gasteiger partial charge in [0.25, 0.3) is 0 Å². The Balaban J connectivity index is 1.48. The Morgan fingerprint density at radius 1 is 1.26 bits per heavy atom. The fraction of sp³-hybridized carbons (Fsp3) is 0.429. The van der Waals surface area contributed by atoms with Crippen LogP contribution in [0.25, 0.3) is 0 Å². The summed E-state index contributed by atoms with van der Waals surface area (Å²) >= 11 is 1.69. The van der Waals surface area contributed by atoms with Gasteiger partial charge < -0.3 is 10.1 Å². The summed E-state index contributed by atoms with van der Waals surface area (Å²) in [5.74, 6) is 1.59. The summed E-state index contributed by atoms with van der Waals surface area (Å²) in [5.41, 5.74) is 1.29. The number of aromatic nitrogens is 2. The Labute approximate surface area is 116 Å². The van der Waals surface area contributed by atoms with E-state index in [1.54, 1.807) is 18.4 Å². The first-order valence-corrected chi connectivity index (χ1v) is 7.37. The minimum Gasteiger partial charge on any atom is -0.497 e. The molecule has 1 aromatic carbocycles.